The summed E-state index contributed by atoms with van der Waals surface area (Å²) in [6.07, 6.45) is 7.68. The van der Waals surface area contributed by atoms with E-state index in [1.807, 2.05) is 0 Å². The fourth-order valence-corrected chi connectivity index (χ4v) is 2.20. The van der Waals surface area contributed by atoms with Gasteiger partial charge in [0.15, 0.2) is 0 Å². The minimum Gasteiger partial charge on any atom is -0.394 e. The van der Waals surface area contributed by atoms with Crippen molar-refractivity contribution in [2.75, 3.05) is 13.2 Å². The Balaban J connectivity index is 2.01. The molecule has 0 aromatic heterocycles. The lowest BCUT2D eigenvalue weighted by Crippen LogP contribution is -2.34. The maximum atomic E-state index is 8.96. The summed E-state index contributed by atoms with van der Waals surface area (Å²) >= 11 is 0. The van der Waals surface area contributed by atoms with Crippen molar-refractivity contribution in [1.29, 1.82) is 0 Å². The van der Waals surface area contributed by atoms with Gasteiger partial charge < -0.3 is 15.2 Å². The number of ether oxygens (including phenoxy) is 1. The number of unbranched alkanes of at least 4 members (excludes halogenated alkanes) is 2. The molecule has 2 N–H and O–H groups in total. The van der Waals surface area contributed by atoms with Crippen molar-refractivity contribution >= 4 is 0 Å². The molecule has 96 valence electrons. The SMILES string of the molecule is CCCCCC(C)NCC1CCC(CO)O1. The molecule has 1 rings (SSSR count). The van der Waals surface area contributed by atoms with Crippen LogP contribution in [0.1, 0.15) is 52.4 Å². The van der Waals surface area contributed by atoms with Gasteiger partial charge in [0, 0.05) is 12.6 Å². The number of hydrogen-bond acceptors (Lipinski definition) is 3. The molecule has 3 unspecified atom stereocenters. The van der Waals surface area contributed by atoms with Gasteiger partial charge in [0.1, 0.15) is 0 Å². The Bertz CT molecular complexity index is 175. The van der Waals surface area contributed by atoms with E-state index in [4.69, 9.17) is 9.84 Å². The number of aliphatic hydroxyl groups excluding tert-OH is 1. The summed E-state index contributed by atoms with van der Waals surface area (Å²) in [4.78, 5) is 0. The molecule has 1 saturated heterocycles. The van der Waals surface area contributed by atoms with Crippen LogP contribution in [0, 0.1) is 0 Å². The van der Waals surface area contributed by atoms with Gasteiger partial charge >= 0.3 is 0 Å². The van der Waals surface area contributed by atoms with Crippen LogP contribution in [0.25, 0.3) is 0 Å². The second-order valence-corrected chi connectivity index (χ2v) is 4.95. The molecule has 3 atom stereocenters. The van der Waals surface area contributed by atoms with Gasteiger partial charge in [-0.25, -0.2) is 0 Å². The van der Waals surface area contributed by atoms with Crippen LogP contribution in [0.15, 0.2) is 0 Å². The smallest absolute Gasteiger partial charge is 0.0811 e. The van der Waals surface area contributed by atoms with Gasteiger partial charge in [-0.2, -0.15) is 0 Å². The molecule has 0 aromatic carbocycles. The summed E-state index contributed by atoms with van der Waals surface area (Å²) in [5, 5.41) is 12.5. The fourth-order valence-electron chi connectivity index (χ4n) is 2.20. The van der Waals surface area contributed by atoms with Crippen LogP contribution in [-0.4, -0.2) is 36.5 Å². The summed E-state index contributed by atoms with van der Waals surface area (Å²) in [6, 6.07) is 0.586. The first-order valence-electron chi connectivity index (χ1n) is 6.76. The average Bonchev–Trinajstić information content (AvgIpc) is 2.74. The second kappa shape index (κ2) is 8.04. The Morgan fingerprint density at radius 2 is 2.06 bits per heavy atom. The first-order chi connectivity index (χ1) is 7.76. The van der Waals surface area contributed by atoms with Crippen molar-refractivity contribution in [3.63, 3.8) is 0 Å². The normalized spacial score (nSPS) is 27.2. The summed E-state index contributed by atoms with van der Waals surface area (Å²) in [6.45, 7) is 5.58. The molecule has 0 spiro atoms. The minimum absolute atomic E-state index is 0.0854. The third kappa shape index (κ3) is 5.28. The van der Waals surface area contributed by atoms with E-state index < -0.39 is 0 Å². The number of hydrogen-bond donors (Lipinski definition) is 2. The maximum Gasteiger partial charge on any atom is 0.0811 e. The van der Waals surface area contributed by atoms with E-state index in [1.54, 1.807) is 0 Å². The molecule has 0 aliphatic carbocycles. The molecular formula is C13H27NO2. The Morgan fingerprint density at radius 3 is 2.69 bits per heavy atom. The van der Waals surface area contributed by atoms with E-state index in [-0.39, 0.29) is 12.7 Å². The summed E-state index contributed by atoms with van der Waals surface area (Å²) in [7, 11) is 0. The zero-order chi connectivity index (χ0) is 11.8. The maximum absolute atomic E-state index is 8.96. The largest absolute Gasteiger partial charge is 0.394 e. The molecule has 1 aliphatic heterocycles. The average molecular weight is 229 g/mol. The fraction of sp³-hybridized carbons (Fsp3) is 1.00. The molecule has 0 radical (unpaired) electrons. The first kappa shape index (κ1) is 13.9. The number of rotatable bonds is 8. The van der Waals surface area contributed by atoms with E-state index in [0.717, 1.165) is 19.4 Å². The van der Waals surface area contributed by atoms with E-state index >= 15 is 0 Å². The standard InChI is InChI=1S/C13H27NO2/c1-3-4-5-6-11(2)14-9-12-7-8-13(10-15)16-12/h11-15H,3-10H2,1-2H3. The summed E-state index contributed by atoms with van der Waals surface area (Å²) in [5.74, 6) is 0. The van der Waals surface area contributed by atoms with Gasteiger partial charge in [-0.15, -0.1) is 0 Å². The van der Waals surface area contributed by atoms with Crippen LogP contribution in [0.4, 0.5) is 0 Å². The van der Waals surface area contributed by atoms with Crippen LogP contribution < -0.4 is 5.32 Å². The van der Waals surface area contributed by atoms with E-state index in [2.05, 4.69) is 19.2 Å². The molecule has 0 saturated carbocycles. The molecule has 16 heavy (non-hydrogen) atoms. The van der Waals surface area contributed by atoms with Gasteiger partial charge in [-0.1, -0.05) is 26.2 Å². The van der Waals surface area contributed by atoms with E-state index in [1.165, 1.54) is 25.7 Å². The lowest BCUT2D eigenvalue weighted by Gasteiger charge is -2.17. The summed E-state index contributed by atoms with van der Waals surface area (Å²) < 4.78 is 5.67. The Kier molecular flexibility index (Phi) is 7.01. The predicted molar refractivity (Wildman–Crippen MR) is 66.6 cm³/mol. The van der Waals surface area contributed by atoms with Crippen LogP contribution in [0.2, 0.25) is 0 Å². The molecule has 1 fully saturated rings. The highest BCUT2D eigenvalue weighted by molar-refractivity contribution is 4.76. The van der Waals surface area contributed by atoms with Crippen LogP contribution >= 0.6 is 0 Å². The lowest BCUT2D eigenvalue weighted by molar-refractivity contribution is 0.0114. The monoisotopic (exact) mass is 229 g/mol. The number of nitrogens with one attached hydrogen (secondary N) is 1. The quantitative estimate of drug-likeness (QED) is 0.626. The Hall–Kier alpha value is -0.120. The van der Waals surface area contributed by atoms with Crippen molar-refractivity contribution < 1.29 is 9.84 Å². The number of aliphatic hydroxyl groups is 1. The van der Waals surface area contributed by atoms with Gasteiger partial charge in [0.05, 0.1) is 18.8 Å². The molecule has 3 heteroatoms. The Morgan fingerprint density at radius 1 is 1.31 bits per heavy atom. The third-order valence-corrected chi connectivity index (χ3v) is 3.33. The highest BCUT2D eigenvalue weighted by atomic mass is 16.5. The topological polar surface area (TPSA) is 41.5 Å². The summed E-state index contributed by atoms with van der Waals surface area (Å²) in [5.41, 5.74) is 0. The molecule has 1 aliphatic rings. The molecule has 0 aromatic rings. The highest BCUT2D eigenvalue weighted by Gasteiger charge is 2.24. The second-order valence-electron chi connectivity index (χ2n) is 4.95. The van der Waals surface area contributed by atoms with Crippen LogP contribution in [-0.2, 0) is 4.74 Å². The molecule has 0 bridgehead atoms. The van der Waals surface area contributed by atoms with E-state index in [9.17, 15) is 0 Å². The minimum atomic E-state index is 0.0854. The highest BCUT2D eigenvalue weighted by Crippen LogP contribution is 2.18. The van der Waals surface area contributed by atoms with Crippen molar-refractivity contribution in [1.82, 2.24) is 5.32 Å². The van der Waals surface area contributed by atoms with Crippen molar-refractivity contribution in [2.45, 2.75) is 70.6 Å². The first-order valence-corrected chi connectivity index (χ1v) is 6.76. The predicted octanol–water partition coefficient (Wildman–Crippen LogP) is 2.08. The third-order valence-electron chi connectivity index (χ3n) is 3.33. The van der Waals surface area contributed by atoms with Gasteiger partial charge in [-0.05, 0) is 26.2 Å². The molecule has 1 heterocycles. The van der Waals surface area contributed by atoms with Gasteiger partial charge in [0.2, 0.25) is 0 Å². The van der Waals surface area contributed by atoms with E-state index in [0.29, 0.717) is 12.1 Å². The van der Waals surface area contributed by atoms with Crippen molar-refractivity contribution in [3.8, 4) is 0 Å². The van der Waals surface area contributed by atoms with Crippen LogP contribution in [0.5, 0.6) is 0 Å². The van der Waals surface area contributed by atoms with Gasteiger partial charge in [-0.3, -0.25) is 0 Å². The van der Waals surface area contributed by atoms with Crippen molar-refractivity contribution in [3.05, 3.63) is 0 Å². The lowest BCUT2D eigenvalue weighted by atomic mass is 10.1. The molecule has 3 nitrogen and oxygen atoms in total. The Labute approximate surface area is 99.6 Å². The zero-order valence-electron chi connectivity index (χ0n) is 10.7. The zero-order valence-corrected chi connectivity index (χ0v) is 10.7. The van der Waals surface area contributed by atoms with Gasteiger partial charge in [0.25, 0.3) is 0 Å². The van der Waals surface area contributed by atoms with Crippen LogP contribution in [0.3, 0.4) is 0 Å². The molecule has 0 amide bonds. The molecular weight excluding hydrogens is 202 g/mol. The van der Waals surface area contributed by atoms with Crippen molar-refractivity contribution in [2.24, 2.45) is 0 Å².